The van der Waals surface area contributed by atoms with E-state index in [4.69, 9.17) is 19.4 Å². The lowest BCUT2D eigenvalue weighted by Crippen LogP contribution is -2.00. The smallest absolute Gasteiger partial charge is 0.164 e. The summed E-state index contributed by atoms with van der Waals surface area (Å²) in [4.78, 5) is 14.8. The second kappa shape index (κ2) is 8.61. The molecule has 0 N–H and O–H groups in total. The summed E-state index contributed by atoms with van der Waals surface area (Å²) in [6, 6.07) is 43.3. The highest BCUT2D eigenvalue weighted by Crippen LogP contribution is 2.39. The first kappa shape index (κ1) is 21.7. The lowest BCUT2D eigenvalue weighted by Gasteiger charge is -2.11. The summed E-state index contributed by atoms with van der Waals surface area (Å²) in [5.41, 5.74) is 4.53. The van der Waals surface area contributed by atoms with E-state index in [1.807, 2.05) is 78.9 Å². The third-order valence-corrected chi connectivity index (χ3v) is 7.32. The minimum atomic E-state index is 0.631. The molecule has 0 atom stereocenters. The van der Waals surface area contributed by atoms with Crippen LogP contribution in [0.3, 0.4) is 0 Å². The minimum Gasteiger partial charge on any atom is -0.456 e. The molecule has 0 radical (unpaired) electrons. The summed E-state index contributed by atoms with van der Waals surface area (Å²) < 4.78 is 6.57. The van der Waals surface area contributed by atoms with Crippen molar-refractivity contribution in [2.75, 3.05) is 0 Å². The Bertz CT molecular complexity index is 2100. The van der Waals surface area contributed by atoms with Gasteiger partial charge in [0, 0.05) is 27.5 Å². The highest BCUT2D eigenvalue weighted by atomic mass is 16.3. The van der Waals surface area contributed by atoms with Crippen LogP contribution in [0.1, 0.15) is 0 Å². The number of nitrogens with zero attached hydrogens (tertiary/aromatic N) is 3. The van der Waals surface area contributed by atoms with Gasteiger partial charge in [0.2, 0.25) is 0 Å². The molecule has 0 aliphatic heterocycles. The van der Waals surface area contributed by atoms with Gasteiger partial charge in [-0.15, -0.1) is 0 Å². The van der Waals surface area contributed by atoms with Crippen molar-refractivity contribution in [1.29, 1.82) is 0 Å². The number of benzene rings is 6. The van der Waals surface area contributed by atoms with Crippen LogP contribution in [0.2, 0.25) is 0 Å². The molecule has 39 heavy (non-hydrogen) atoms. The number of rotatable bonds is 3. The van der Waals surface area contributed by atoms with Crippen molar-refractivity contribution in [3.8, 4) is 34.2 Å². The van der Waals surface area contributed by atoms with E-state index in [0.717, 1.165) is 60.2 Å². The highest BCUT2D eigenvalue weighted by Gasteiger charge is 2.17. The molecule has 0 amide bonds. The summed E-state index contributed by atoms with van der Waals surface area (Å²) in [5.74, 6) is 1.92. The Morgan fingerprint density at radius 3 is 1.62 bits per heavy atom. The van der Waals surface area contributed by atoms with Crippen molar-refractivity contribution in [2.24, 2.45) is 0 Å². The zero-order valence-corrected chi connectivity index (χ0v) is 20.9. The van der Waals surface area contributed by atoms with Crippen LogP contribution in [0.25, 0.3) is 77.6 Å². The molecule has 0 saturated carbocycles. The van der Waals surface area contributed by atoms with Crippen molar-refractivity contribution in [1.82, 2.24) is 15.0 Å². The molecular weight excluding hydrogens is 478 g/mol. The van der Waals surface area contributed by atoms with Gasteiger partial charge in [0.1, 0.15) is 11.2 Å². The Labute approximate surface area is 224 Å². The van der Waals surface area contributed by atoms with Crippen LogP contribution in [0.5, 0.6) is 0 Å². The van der Waals surface area contributed by atoms with Gasteiger partial charge in [-0.1, -0.05) is 109 Å². The van der Waals surface area contributed by atoms with Crippen molar-refractivity contribution in [3.63, 3.8) is 0 Å². The molecule has 0 unspecified atom stereocenters. The first-order valence-corrected chi connectivity index (χ1v) is 13.0. The van der Waals surface area contributed by atoms with Gasteiger partial charge in [0.15, 0.2) is 17.5 Å². The summed E-state index contributed by atoms with van der Waals surface area (Å²) in [6.07, 6.45) is 0. The molecular formula is C35H21N3O. The lowest BCUT2D eigenvalue weighted by molar-refractivity contribution is 0.664. The van der Waals surface area contributed by atoms with E-state index in [1.54, 1.807) is 0 Å². The molecule has 4 nitrogen and oxygen atoms in total. The van der Waals surface area contributed by atoms with Gasteiger partial charge >= 0.3 is 0 Å². The molecule has 8 aromatic rings. The molecule has 0 bridgehead atoms. The topological polar surface area (TPSA) is 51.8 Å². The lowest BCUT2D eigenvalue weighted by atomic mass is 9.97. The van der Waals surface area contributed by atoms with Gasteiger partial charge in [-0.25, -0.2) is 15.0 Å². The summed E-state index contributed by atoms with van der Waals surface area (Å²) >= 11 is 0. The Hall–Kier alpha value is -5.35. The molecule has 2 heterocycles. The predicted octanol–water partition coefficient (Wildman–Crippen LogP) is 9.08. The number of aromatic nitrogens is 3. The maximum absolute atomic E-state index is 6.57. The zero-order chi connectivity index (χ0) is 25.8. The molecule has 8 rings (SSSR count). The van der Waals surface area contributed by atoms with Crippen molar-refractivity contribution < 1.29 is 4.42 Å². The normalized spacial score (nSPS) is 11.6. The quantitative estimate of drug-likeness (QED) is 0.243. The number of fused-ring (bicyclic) bond motifs is 1. The molecule has 0 fully saturated rings. The van der Waals surface area contributed by atoms with Crippen molar-refractivity contribution >= 4 is 43.5 Å². The molecule has 0 saturated heterocycles. The number of hydrogen-bond acceptors (Lipinski definition) is 4. The second-order valence-electron chi connectivity index (χ2n) is 9.64. The molecule has 4 heteroatoms. The monoisotopic (exact) mass is 499 g/mol. The molecule has 182 valence electrons. The van der Waals surface area contributed by atoms with Gasteiger partial charge in [0.25, 0.3) is 0 Å². The summed E-state index contributed by atoms with van der Waals surface area (Å²) in [5, 5.41) is 6.69. The summed E-state index contributed by atoms with van der Waals surface area (Å²) in [6.45, 7) is 0. The largest absolute Gasteiger partial charge is 0.456 e. The van der Waals surface area contributed by atoms with E-state index in [9.17, 15) is 0 Å². The molecule has 0 aliphatic rings. The Balaban J connectivity index is 1.47. The predicted molar refractivity (Wildman–Crippen MR) is 158 cm³/mol. The van der Waals surface area contributed by atoms with Crippen molar-refractivity contribution in [3.05, 3.63) is 127 Å². The Morgan fingerprint density at radius 2 is 0.923 bits per heavy atom. The third-order valence-electron chi connectivity index (χ3n) is 7.32. The zero-order valence-electron chi connectivity index (χ0n) is 20.9. The Morgan fingerprint density at radius 1 is 0.385 bits per heavy atom. The minimum absolute atomic E-state index is 0.631. The SMILES string of the molecule is c1ccc(-c2nc(-c3ccccc3)nc(-c3ccc4oc5cccc6cccc(c7cccc3c47)c65)n2)cc1. The van der Waals surface area contributed by atoms with Crippen LogP contribution in [0.4, 0.5) is 0 Å². The molecule has 6 aromatic carbocycles. The highest BCUT2D eigenvalue weighted by molar-refractivity contribution is 6.24. The van der Waals surface area contributed by atoms with Crippen molar-refractivity contribution in [2.45, 2.75) is 0 Å². The van der Waals surface area contributed by atoms with Crippen LogP contribution >= 0.6 is 0 Å². The van der Waals surface area contributed by atoms with Gasteiger partial charge in [-0.3, -0.25) is 0 Å². The van der Waals surface area contributed by atoms with E-state index >= 15 is 0 Å². The fourth-order valence-corrected chi connectivity index (χ4v) is 5.54. The third kappa shape index (κ3) is 3.50. The maximum Gasteiger partial charge on any atom is 0.164 e. The van der Waals surface area contributed by atoms with E-state index in [2.05, 4.69) is 48.5 Å². The van der Waals surface area contributed by atoms with Crippen LogP contribution < -0.4 is 0 Å². The van der Waals surface area contributed by atoms with Crippen LogP contribution in [0, 0.1) is 0 Å². The Kier molecular flexibility index (Phi) is 4.79. The van der Waals surface area contributed by atoms with E-state index in [-0.39, 0.29) is 0 Å². The van der Waals surface area contributed by atoms with Gasteiger partial charge in [-0.05, 0) is 39.7 Å². The molecule has 0 aliphatic carbocycles. The van der Waals surface area contributed by atoms with Crippen LogP contribution in [0.15, 0.2) is 132 Å². The van der Waals surface area contributed by atoms with Crippen LogP contribution in [-0.4, -0.2) is 15.0 Å². The fraction of sp³-hybridized carbons (Fsp3) is 0. The summed E-state index contributed by atoms with van der Waals surface area (Å²) in [7, 11) is 0. The number of hydrogen-bond donors (Lipinski definition) is 0. The first-order chi connectivity index (χ1) is 19.3. The fourth-order valence-electron chi connectivity index (χ4n) is 5.54. The van der Waals surface area contributed by atoms with E-state index in [1.165, 1.54) is 0 Å². The first-order valence-electron chi connectivity index (χ1n) is 13.0. The van der Waals surface area contributed by atoms with Crippen LogP contribution in [-0.2, 0) is 0 Å². The van der Waals surface area contributed by atoms with Gasteiger partial charge < -0.3 is 4.42 Å². The average Bonchev–Trinajstić information content (AvgIpc) is 3.15. The molecule has 2 aromatic heterocycles. The standard InChI is InChI=1S/C35H21N3O/c1-3-10-23(11-4-1)33-36-34(24-12-5-2-6-13-24)38-35(37-33)28-20-21-30-32-26(17-9-18-27(28)32)25-16-7-14-22-15-8-19-29(39-30)31(22)25/h1-21H. The second-order valence-corrected chi connectivity index (χ2v) is 9.64. The van der Waals surface area contributed by atoms with E-state index in [0.29, 0.717) is 17.5 Å². The van der Waals surface area contributed by atoms with E-state index < -0.39 is 0 Å². The average molecular weight is 500 g/mol. The van der Waals surface area contributed by atoms with Gasteiger partial charge in [0.05, 0.1) is 0 Å². The maximum atomic E-state index is 6.57. The van der Waals surface area contributed by atoms with Gasteiger partial charge in [-0.2, -0.15) is 0 Å². The molecule has 0 spiro atoms.